The maximum atomic E-state index is 14.3. The van der Waals surface area contributed by atoms with Crippen molar-refractivity contribution in [1.82, 2.24) is 35.4 Å². The van der Waals surface area contributed by atoms with Crippen LogP contribution in [-0.2, 0) is 32.4 Å². The predicted molar refractivity (Wildman–Crippen MR) is 171 cm³/mol. The van der Waals surface area contributed by atoms with Crippen LogP contribution in [0.2, 0.25) is 0 Å². The fourth-order valence-electron chi connectivity index (χ4n) is 4.75. The Kier molecular flexibility index (Phi) is 10.3. The van der Waals surface area contributed by atoms with E-state index in [0.717, 1.165) is 33.2 Å². The molecule has 2 aromatic carbocycles. The molecule has 4 aromatic rings. The molecule has 0 bridgehead atoms. The van der Waals surface area contributed by atoms with E-state index in [4.69, 9.17) is 10.6 Å². The summed E-state index contributed by atoms with van der Waals surface area (Å²) in [6.45, 7) is -0.697. The predicted octanol–water partition coefficient (Wildman–Crippen LogP) is 0.0515. The van der Waals surface area contributed by atoms with Crippen molar-refractivity contribution in [2.45, 2.75) is 24.6 Å². The van der Waals surface area contributed by atoms with Crippen LogP contribution in [0, 0.1) is 5.82 Å². The van der Waals surface area contributed by atoms with Gasteiger partial charge in [-0.2, -0.15) is 4.80 Å². The zero-order valence-electron chi connectivity index (χ0n) is 24.0. The minimum atomic E-state index is -1.39. The van der Waals surface area contributed by atoms with Crippen LogP contribution in [0.5, 0.6) is 23.0 Å². The van der Waals surface area contributed by atoms with Crippen molar-refractivity contribution in [2.75, 3.05) is 11.5 Å². The van der Waals surface area contributed by atoms with E-state index in [1.807, 2.05) is 0 Å². The van der Waals surface area contributed by atoms with E-state index in [9.17, 15) is 44.3 Å². The van der Waals surface area contributed by atoms with E-state index in [2.05, 4.69) is 30.9 Å². The molecule has 18 nitrogen and oxygen atoms in total. The number of carbonyl (C=O) groups is 3. The summed E-state index contributed by atoms with van der Waals surface area (Å²) >= 11 is 2.17. The molecule has 2 aliphatic heterocycles. The number of nitrogens with one attached hydrogen (secondary N) is 1. The van der Waals surface area contributed by atoms with Crippen molar-refractivity contribution in [3.8, 4) is 34.4 Å². The fraction of sp³-hybridized carbons (Fsp3) is 0.185. The third kappa shape index (κ3) is 6.96. The number of phenolic OH excluding ortho intramolecular Hbond substituents is 4. The van der Waals surface area contributed by atoms with Gasteiger partial charge in [0.2, 0.25) is 5.82 Å². The first-order chi connectivity index (χ1) is 22.9. The van der Waals surface area contributed by atoms with Gasteiger partial charge in [-0.25, -0.2) is 14.2 Å². The summed E-state index contributed by atoms with van der Waals surface area (Å²) in [4.78, 5) is 50.3. The summed E-state index contributed by atoms with van der Waals surface area (Å²) in [5.74, 6) is -6.35. The SMILES string of the molecule is Nc1nc(/C(=N/OCc2ccc(O)c(O)c2F)C(=O)N[C@@H]2C(=O)N3C(C(=O)O)=C(Cn4nnc(-c5ccc(O)c(O)c5)n4)CS[C@H]23)cs1.[NaH]. The Labute approximate surface area is 304 Å². The van der Waals surface area contributed by atoms with Crippen LogP contribution in [-0.4, -0.2) is 126 Å². The van der Waals surface area contributed by atoms with Gasteiger partial charge >= 0.3 is 35.5 Å². The van der Waals surface area contributed by atoms with E-state index in [-0.39, 0.29) is 81.3 Å². The topological polar surface area (TPSA) is 272 Å². The summed E-state index contributed by atoms with van der Waals surface area (Å²) in [5.41, 5.74) is 5.43. The molecule has 6 rings (SSSR count). The molecule has 2 atom stereocenters. The average molecular weight is 724 g/mol. The first-order valence-electron chi connectivity index (χ1n) is 13.5. The molecule has 1 fully saturated rings. The third-order valence-corrected chi connectivity index (χ3v) is 9.10. The molecule has 1 saturated heterocycles. The van der Waals surface area contributed by atoms with Crippen LogP contribution in [0.25, 0.3) is 11.4 Å². The number of oxime groups is 1. The normalized spacial score (nSPS) is 17.2. The van der Waals surface area contributed by atoms with Gasteiger partial charge < -0.3 is 41.4 Å². The Morgan fingerprint density at radius 3 is 2.59 bits per heavy atom. The number of phenols is 4. The summed E-state index contributed by atoms with van der Waals surface area (Å²) < 4.78 is 14.3. The number of aliphatic carboxylic acids is 1. The number of aromatic hydroxyl groups is 4. The number of anilines is 1. The molecule has 250 valence electrons. The van der Waals surface area contributed by atoms with Gasteiger partial charge in [-0.3, -0.25) is 14.5 Å². The number of carbonyl (C=O) groups excluding carboxylic acids is 2. The Hall–Kier alpha value is -4.96. The Balaban J connectivity index is 0.00000468. The number of nitrogen functional groups attached to an aromatic ring is 1. The van der Waals surface area contributed by atoms with Crippen LogP contribution in [0.1, 0.15) is 11.3 Å². The van der Waals surface area contributed by atoms with E-state index < -0.39 is 58.8 Å². The molecule has 22 heteroatoms. The van der Waals surface area contributed by atoms with Crippen molar-refractivity contribution >= 4 is 81.3 Å². The number of β-lactam (4-membered cyclic amide) rings is 1. The van der Waals surface area contributed by atoms with Gasteiger partial charge in [0.05, 0.1) is 6.54 Å². The molecule has 2 aromatic heterocycles. The van der Waals surface area contributed by atoms with E-state index in [1.54, 1.807) is 0 Å². The molecule has 8 N–H and O–H groups in total. The van der Waals surface area contributed by atoms with Crippen molar-refractivity contribution in [3.63, 3.8) is 0 Å². The van der Waals surface area contributed by atoms with Gasteiger partial charge in [0, 0.05) is 22.3 Å². The van der Waals surface area contributed by atoms with Gasteiger partial charge in [0.15, 0.2) is 39.7 Å². The second-order valence-corrected chi connectivity index (χ2v) is 12.2. The molecule has 0 spiro atoms. The molecule has 0 saturated carbocycles. The van der Waals surface area contributed by atoms with Crippen molar-refractivity contribution < 1.29 is 49.1 Å². The van der Waals surface area contributed by atoms with Gasteiger partial charge in [-0.05, 0) is 41.1 Å². The first-order valence-corrected chi connectivity index (χ1v) is 15.5. The third-order valence-electron chi connectivity index (χ3n) is 7.09. The van der Waals surface area contributed by atoms with Crippen molar-refractivity contribution in [3.05, 3.63) is 64.1 Å². The molecule has 4 heterocycles. The van der Waals surface area contributed by atoms with Crippen LogP contribution in [0.4, 0.5) is 9.52 Å². The fourth-order valence-corrected chi connectivity index (χ4v) is 6.63. The summed E-state index contributed by atoms with van der Waals surface area (Å²) in [6, 6.07) is 4.96. The number of tetrazole rings is 1. The van der Waals surface area contributed by atoms with Crippen molar-refractivity contribution in [1.29, 1.82) is 0 Å². The average Bonchev–Trinajstić information content (AvgIpc) is 3.71. The zero-order chi connectivity index (χ0) is 34.3. The molecule has 0 unspecified atom stereocenters. The second kappa shape index (κ2) is 14.3. The molecule has 2 aliphatic rings. The minimum absolute atomic E-state index is 0. The zero-order valence-corrected chi connectivity index (χ0v) is 25.6. The number of thiazole rings is 1. The number of rotatable bonds is 10. The van der Waals surface area contributed by atoms with Gasteiger partial charge in [-0.15, -0.1) is 33.3 Å². The van der Waals surface area contributed by atoms with Gasteiger partial charge in [-0.1, -0.05) is 5.16 Å². The number of fused-ring (bicyclic) bond motifs is 1. The molecular formula is C27H23FN9NaO9S2. The first kappa shape index (κ1) is 35.3. The van der Waals surface area contributed by atoms with Crippen LogP contribution >= 0.6 is 23.1 Å². The second-order valence-electron chi connectivity index (χ2n) is 10.2. The van der Waals surface area contributed by atoms with Crippen LogP contribution in [0.3, 0.4) is 0 Å². The Bertz CT molecular complexity index is 2040. The molecule has 2 amide bonds. The Morgan fingerprint density at radius 1 is 1.14 bits per heavy atom. The number of thioether (sulfide) groups is 1. The molecule has 49 heavy (non-hydrogen) atoms. The number of carboxylic acid groups (broad SMARTS) is 1. The number of hydrogen-bond acceptors (Lipinski definition) is 16. The molecule has 0 radical (unpaired) electrons. The monoisotopic (exact) mass is 723 g/mol. The number of hydrogen-bond donors (Lipinski definition) is 7. The van der Waals surface area contributed by atoms with Crippen LogP contribution < -0.4 is 11.1 Å². The Morgan fingerprint density at radius 2 is 1.90 bits per heavy atom. The van der Waals surface area contributed by atoms with Crippen LogP contribution in [0.15, 0.2) is 52.1 Å². The summed E-state index contributed by atoms with van der Waals surface area (Å²) in [7, 11) is 0. The van der Waals surface area contributed by atoms with Gasteiger partial charge in [0.1, 0.15) is 29.4 Å². The maximum absolute atomic E-state index is 14.3. The number of aromatic nitrogens is 5. The molecule has 0 aliphatic carbocycles. The number of nitrogens with zero attached hydrogens (tertiary/aromatic N) is 7. The number of nitrogens with two attached hydrogens (primary N) is 1. The van der Waals surface area contributed by atoms with E-state index >= 15 is 0 Å². The number of halogens is 1. The number of benzene rings is 2. The summed E-state index contributed by atoms with van der Waals surface area (Å²) in [6.07, 6.45) is 0. The van der Waals surface area contributed by atoms with Gasteiger partial charge in [0.25, 0.3) is 11.8 Å². The van der Waals surface area contributed by atoms with E-state index in [0.29, 0.717) is 11.1 Å². The number of amides is 2. The van der Waals surface area contributed by atoms with Crippen molar-refractivity contribution in [2.24, 2.45) is 5.16 Å². The standard InChI is InChI=1S/C27H22FN9O9S2.Na.H/c28-17-11(2-4-15(39)21(17)41)7-46-34-18(13-9-48-27(29)30-13)23(42)31-19-24(43)37-20(26(44)45)12(8-47-25(19)37)6-36-33-22(32-35-36)10-1-3-14(38)16(40)5-10;;/h1-5,9,19,25,38-41H,6-8H2,(H2,29,30)(H,31,42)(H,44,45);;/b34-18-;;/t19-,25-;;/m1../s1. The van der Waals surface area contributed by atoms with E-state index in [1.165, 1.54) is 35.3 Å². The number of carboxylic acids is 1. The summed E-state index contributed by atoms with van der Waals surface area (Å²) in [5, 5.41) is 67.4. The molecular weight excluding hydrogens is 700 g/mol. The quantitative estimate of drug-likeness (QED) is 0.0375.